The maximum absolute atomic E-state index is 11.9. The van der Waals surface area contributed by atoms with Crippen LogP contribution in [0.25, 0.3) is 0 Å². The molecule has 1 aromatic rings. The van der Waals surface area contributed by atoms with Crippen molar-refractivity contribution in [2.75, 3.05) is 25.7 Å². The van der Waals surface area contributed by atoms with Gasteiger partial charge in [0.15, 0.2) is 5.94 Å². The Bertz CT molecular complexity index is 889. The molecule has 0 bridgehead atoms. The van der Waals surface area contributed by atoms with Crippen LogP contribution in [-0.4, -0.2) is 42.6 Å². The zero-order chi connectivity index (χ0) is 20.8. The summed E-state index contributed by atoms with van der Waals surface area (Å²) >= 11 is 0. The Morgan fingerprint density at radius 1 is 1.28 bits per heavy atom. The second-order valence-corrected chi connectivity index (χ2v) is 6.60. The van der Waals surface area contributed by atoms with Crippen molar-refractivity contribution < 1.29 is 23.8 Å². The van der Waals surface area contributed by atoms with Gasteiger partial charge in [-0.2, -0.15) is 0 Å². The minimum absolute atomic E-state index is 0.0400. The molecule has 154 valence electrons. The largest absolute Gasteiger partial charge is 0.440 e. The molecule has 0 aliphatic carbocycles. The van der Waals surface area contributed by atoms with Crippen molar-refractivity contribution in [3.63, 3.8) is 0 Å². The predicted molar refractivity (Wildman–Crippen MR) is 105 cm³/mol. The minimum Gasteiger partial charge on any atom is -0.440 e. The molecule has 0 saturated carbocycles. The van der Waals surface area contributed by atoms with Gasteiger partial charge in [0.05, 0.1) is 31.7 Å². The first-order valence-electron chi connectivity index (χ1n) is 9.20. The van der Waals surface area contributed by atoms with Crippen molar-refractivity contribution >= 4 is 17.8 Å². The first-order chi connectivity index (χ1) is 14.1. The number of allylic oxidation sites excluding steroid dienone is 2. The number of ether oxygens (including phenoxy) is 3. The number of hydrogen-bond donors (Lipinski definition) is 1. The van der Waals surface area contributed by atoms with Crippen molar-refractivity contribution in [1.29, 1.82) is 0 Å². The van der Waals surface area contributed by atoms with Crippen molar-refractivity contribution in [2.24, 2.45) is 5.73 Å². The summed E-state index contributed by atoms with van der Waals surface area (Å²) in [6.07, 6.45) is 8.10. The van der Waals surface area contributed by atoms with Crippen molar-refractivity contribution in [3.05, 3.63) is 52.9 Å². The molecular formula is C20H24N4O5. The van der Waals surface area contributed by atoms with E-state index in [-0.39, 0.29) is 12.5 Å². The fraction of sp³-hybridized carbons (Fsp3) is 0.400. The third-order valence-corrected chi connectivity index (χ3v) is 4.80. The zero-order valence-corrected chi connectivity index (χ0v) is 16.5. The van der Waals surface area contributed by atoms with Crippen LogP contribution < -0.4 is 10.6 Å². The van der Waals surface area contributed by atoms with Gasteiger partial charge in [-0.1, -0.05) is 0 Å². The van der Waals surface area contributed by atoms with E-state index < -0.39 is 6.03 Å². The molecule has 1 aromatic heterocycles. The van der Waals surface area contributed by atoms with E-state index in [9.17, 15) is 9.59 Å². The number of hydrogen-bond acceptors (Lipinski definition) is 7. The molecule has 0 fully saturated rings. The van der Waals surface area contributed by atoms with Gasteiger partial charge in [-0.25, -0.2) is 14.6 Å². The lowest BCUT2D eigenvalue weighted by molar-refractivity contribution is 0.172. The van der Waals surface area contributed by atoms with E-state index in [2.05, 4.69) is 0 Å². The lowest BCUT2D eigenvalue weighted by atomic mass is 9.94. The Morgan fingerprint density at radius 3 is 2.76 bits per heavy atom. The van der Waals surface area contributed by atoms with Gasteiger partial charge in [-0.05, 0) is 30.6 Å². The molecule has 2 N–H and O–H groups in total. The fourth-order valence-electron chi connectivity index (χ4n) is 3.55. The number of aromatic nitrogens is 1. The summed E-state index contributed by atoms with van der Waals surface area (Å²) in [5.74, 6) is 2.40. The number of fused-ring (bicyclic) bond motifs is 1. The fourth-order valence-corrected chi connectivity index (χ4v) is 3.55. The van der Waals surface area contributed by atoms with Crippen LogP contribution in [0.4, 0.5) is 10.6 Å². The highest BCUT2D eigenvalue weighted by Gasteiger charge is 2.29. The molecule has 9 nitrogen and oxygen atoms in total. The van der Waals surface area contributed by atoms with E-state index >= 15 is 0 Å². The van der Waals surface area contributed by atoms with Crippen LogP contribution in [-0.2, 0) is 45.2 Å². The summed E-state index contributed by atoms with van der Waals surface area (Å²) < 4.78 is 16.1. The standard InChI is InChI=1S/C20H24N4O5/c1-27-12-16-14-6-5-8-24(20(21)26)19(14)22-17(13-28-2)15(16)10-23-7-3-4-9-29-18(23)11-25/h3-4,7,9H,5-6,8,10,12-13H2,1-2H3,(H2,21,26). The number of nitrogens with two attached hydrogens (primary N) is 1. The molecule has 2 amide bonds. The molecule has 9 heteroatoms. The van der Waals surface area contributed by atoms with E-state index in [0.29, 0.717) is 31.2 Å². The smallest absolute Gasteiger partial charge is 0.320 e. The second-order valence-electron chi connectivity index (χ2n) is 6.60. The van der Waals surface area contributed by atoms with Crippen LogP contribution in [0.15, 0.2) is 30.5 Å². The molecule has 0 radical (unpaired) electrons. The van der Waals surface area contributed by atoms with Crippen molar-refractivity contribution in [1.82, 2.24) is 9.88 Å². The molecule has 0 aromatic carbocycles. The number of methoxy groups -OCH3 is 2. The van der Waals surface area contributed by atoms with Crippen LogP contribution in [0.3, 0.4) is 0 Å². The summed E-state index contributed by atoms with van der Waals surface area (Å²) in [7, 11) is 3.18. The van der Waals surface area contributed by atoms with Gasteiger partial charge in [-0.3, -0.25) is 4.90 Å². The SMILES string of the molecule is COCc1nc2c(c(COC)c1CN1C=CC=COC1=C=O)CCCN2C(N)=O. The summed E-state index contributed by atoms with van der Waals surface area (Å²) in [4.78, 5) is 31.1. The van der Waals surface area contributed by atoms with Gasteiger partial charge in [0.2, 0.25) is 0 Å². The van der Waals surface area contributed by atoms with Crippen molar-refractivity contribution in [3.8, 4) is 0 Å². The summed E-state index contributed by atoms with van der Waals surface area (Å²) in [6.45, 7) is 1.36. The summed E-state index contributed by atoms with van der Waals surface area (Å²) in [5, 5.41) is 0. The quantitative estimate of drug-likeness (QED) is 0.725. The maximum Gasteiger partial charge on any atom is 0.320 e. The average Bonchev–Trinajstić information content (AvgIpc) is 2.94. The molecule has 29 heavy (non-hydrogen) atoms. The van der Waals surface area contributed by atoms with Crippen LogP contribution >= 0.6 is 0 Å². The topological polar surface area (TPSA) is 107 Å². The summed E-state index contributed by atoms with van der Waals surface area (Å²) in [6, 6.07) is -0.543. The number of rotatable bonds is 6. The maximum atomic E-state index is 11.9. The Labute approximate surface area is 169 Å². The Balaban J connectivity index is 2.14. The Hall–Kier alpha value is -3.13. The summed E-state index contributed by atoms with van der Waals surface area (Å²) in [5.41, 5.74) is 8.88. The first kappa shape index (κ1) is 20.6. The van der Waals surface area contributed by atoms with E-state index in [1.165, 1.54) is 11.2 Å². The first-order valence-corrected chi connectivity index (χ1v) is 9.20. The number of carbonyl (C=O) groups excluding carboxylic acids is 2. The van der Waals surface area contributed by atoms with Crippen LogP contribution in [0, 0.1) is 0 Å². The molecule has 2 aliphatic rings. The van der Waals surface area contributed by atoms with E-state index in [0.717, 1.165) is 29.5 Å². The third-order valence-electron chi connectivity index (χ3n) is 4.80. The van der Waals surface area contributed by atoms with Crippen LogP contribution in [0.1, 0.15) is 28.8 Å². The molecule has 3 heterocycles. The number of primary amides is 1. The number of pyridine rings is 1. The lowest BCUT2D eigenvalue weighted by Gasteiger charge is -2.31. The lowest BCUT2D eigenvalue weighted by Crippen LogP contribution is -2.41. The number of amides is 2. The predicted octanol–water partition coefficient (Wildman–Crippen LogP) is 1.74. The van der Waals surface area contributed by atoms with Crippen LogP contribution in [0.5, 0.6) is 0 Å². The number of urea groups is 1. The second kappa shape index (κ2) is 9.38. The number of nitrogens with zero attached hydrogens (tertiary/aromatic N) is 3. The third kappa shape index (κ3) is 4.32. The monoisotopic (exact) mass is 400 g/mol. The van der Waals surface area contributed by atoms with E-state index in [1.54, 1.807) is 37.5 Å². The molecule has 3 rings (SSSR count). The molecule has 0 saturated heterocycles. The van der Waals surface area contributed by atoms with Gasteiger partial charge in [0.1, 0.15) is 5.82 Å². The molecule has 0 spiro atoms. The van der Waals surface area contributed by atoms with Gasteiger partial charge < -0.3 is 24.8 Å². The molecule has 0 unspecified atom stereocenters. The van der Waals surface area contributed by atoms with E-state index in [4.69, 9.17) is 24.9 Å². The normalized spacial score (nSPS) is 15.6. The Morgan fingerprint density at radius 2 is 2.07 bits per heavy atom. The van der Waals surface area contributed by atoms with Gasteiger partial charge in [0, 0.05) is 38.1 Å². The van der Waals surface area contributed by atoms with E-state index in [1.807, 2.05) is 5.94 Å². The molecule has 0 atom stereocenters. The van der Waals surface area contributed by atoms with Gasteiger partial charge in [0.25, 0.3) is 5.88 Å². The van der Waals surface area contributed by atoms with Gasteiger partial charge in [-0.15, -0.1) is 0 Å². The average molecular weight is 400 g/mol. The highest BCUT2D eigenvalue weighted by molar-refractivity contribution is 5.91. The molecule has 2 aliphatic heterocycles. The highest BCUT2D eigenvalue weighted by atomic mass is 16.5. The Kier molecular flexibility index (Phi) is 6.66. The van der Waals surface area contributed by atoms with Crippen LogP contribution in [0.2, 0.25) is 0 Å². The van der Waals surface area contributed by atoms with Gasteiger partial charge >= 0.3 is 6.03 Å². The highest BCUT2D eigenvalue weighted by Crippen LogP contribution is 2.34. The number of carbonyl (C=O) groups is 1. The minimum atomic E-state index is -0.543. The zero-order valence-electron chi connectivity index (χ0n) is 16.5. The van der Waals surface area contributed by atoms with Crippen molar-refractivity contribution in [2.45, 2.75) is 32.6 Å². The molecular weight excluding hydrogens is 376 g/mol. The number of anilines is 1.